The fraction of sp³-hybridized carbons (Fsp3) is 0. The molecule has 2 rings (SSSR count). The second kappa shape index (κ2) is 4.87. The molecule has 0 saturated heterocycles. The molecule has 1 heterocycles. The van der Waals surface area contributed by atoms with E-state index in [0.29, 0.717) is 0 Å². The number of carbonyl (C=O) groups is 1. The number of hydrogen-bond donors (Lipinski definition) is 1. The summed E-state index contributed by atoms with van der Waals surface area (Å²) in [6.07, 6.45) is 0. The van der Waals surface area contributed by atoms with E-state index in [1.165, 1.54) is 18.2 Å². The van der Waals surface area contributed by atoms with Crippen LogP contribution in [-0.2, 0) is 0 Å². The molecule has 0 aliphatic heterocycles. The maximum absolute atomic E-state index is 12.9. The number of pyridine rings is 1. The largest absolute Gasteiger partial charge is 0.321 e. The summed E-state index contributed by atoms with van der Waals surface area (Å²) in [6.45, 7) is 0. The van der Waals surface area contributed by atoms with Crippen LogP contribution in [0.25, 0.3) is 0 Å². The molecule has 0 unspecified atom stereocenters. The number of nitrogens with zero attached hydrogens (tertiary/aromatic N) is 1. The molecule has 6 heteroatoms. The summed E-state index contributed by atoms with van der Waals surface area (Å²) in [6, 6.07) is 6.61. The Morgan fingerprint density at radius 2 is 1.83 bits per heavy atom. The van der Waals surface area contributed by atoms with Gasteiger partial charge in [0.1, 0.15) is 5.69 Å². The van der Waals surface area contributed by atoms with E-state index in [2.05, 4.69) is 10.3 Å². The highest BCUT2D eigenvalue weighted by Gasteiger charge is 2.10. The monoisotopic (exact) mass is 252 g/mol. The fourth-order valence-electron chi connectivity index (χ4n) is 1.30. The Balaban J connectivity index is 2.18. The van der Waals surface area contributed by atoms with Crippen molar-refractivity contribution in [1.82, 2.24) is 4.98 Å². The first-order valence-electron chi connectivity index (χ1n) is 4.95. The smallest absolute Gasteiger partial charge is 0.274 e. The van der Waals surface area contributed by atoms with Crippen LogP contribution in [0.3, 0.4) is 0 Å². The summed E-state index contributed by atoms with van der Waals surface area (Å²) >= 11 is 0. The van der Waals surface area contributed by atoms with Gasteiger partial charge in [0, 0.05) is 11.8 Å². The maximum atomic E-state index is 12.9. The molecule has 1 amide bonds. The van der Waals surface area contributed by atoms with Gasteiger partial charge in [-0.3, -0.25) is 4.79 Å². The molecule has 1 aromatic carbocycles. The van der Waals surface area contributed by atoms with Crippen LogP contribution in [-0.4, -0.2) is 10.9 Å². The van der Waals surface area contributed by atoms with E-state index in [4.69, 9.17) is 0 Å². The van der Waals surface area contributed by atoms with E-state index >= 15 is 0 Å². The van der Waals surface area contributed by atoms with Gasteiger partial charge in [0.25, 0.3) is 5.91 Å². The van der Waals surface area contributed by atoms with E-state index < -0.39 is 23.5 Å². The standard InChI is InChI=1S/C12H7F3N2O/c13-8-5-4-7(6-9(8)14)16-12(18)10-2-1-3-11(15)17-10/h1-6H,(H,16,18). The van der Waals surface area contributed by atoms with Gasteiger partial charge >= 0.3 is 0 Å². The van der Waals surface area contributed by atoms with Crippen molar-refractivity contribution < 1.29 is 18.0 Å². The summed E-state index contributed by atoms with van der Waals surface area (Å²) in [4.78, 5) is 15.0. The Bertz CT molecular complexity index is 602. The van der Waals surface area contributed by atoms with Crippen molar-refractivity contribution in [1.29, 1.82) is 0 Å². The van der Waals surface area contributed by atoms with Gasteiger partial charge in [-0.15, -0.1) is 0 Å². The van der Waals surface area contributed by atoms with Crippen LogP contribution in [0.4, 0.5) is 18.9 Å². The molecule has 2 aromatic rings. The Morgan fingerprint density at radius 1 is 1.06 bits per heavy atom. The number of anilines is 1. The van der Waals surface area contributed by atoms with Crippen LogP contribution in [0.2, 0.25) is 0 Å². The molecule has 0 atom stereocenters. The van der Waals surface area contributed by atoms with Crippen molar-refractivity contribution in [3.8, 4) is 0 Å². The fourth-order valence-corrected chi connectivity index (χ4v) is 1.30. The summed E-state index contributed by atoms with van der Waals surface area (Å²) < 4.78 is 38.3. The zero-order chi connectivity index (χ0) is 13.1. The minimum atomic E-state index is -1.08. The van der Waals surface area contributed by atoms with Gasteiger partial charge in [-0.1, -0.05) is 6.07 Å². The third kappa shape index (κ3) is 2.65. The van der Waals surface area contributed by atoms with Crippen molar-refractivity contribution in [3.05, 3.63) is 59.7 Å². The Hall–Kier alpha value is -2.37. The molecule has 18 heavy (non-hydrogen) atoms. The number of amides is 1. The van der Waals surface area contributed by atoms with E-state index in [1.807, 2.05) is 0 Å². The van der Waals surface area contributed by atoms with E-state index in [0.717, 1.165) is 18.2 Å². The van der Waals surface area contributed by atoms with Crippen molar-refractivity contribution in [3.63, 3.8) is 0 Å². The van der Waals surface area contributed by atoms with Crippen LogP contribution in [0.1, 0.15) is 10.5 Å². The molecule has 0 aliphatic rings. The lowest BCUT2D eigenvalue weighted by Gasteiger charge is -2.04. The second-order valence-corrected chi connectivity index (χ2v) is 3.43. The van der Waals surface area contributed by atoms with Crippen LogP contribution in [0.15, 0.2) is 36.4 Å². The van der Waals surface area contributed by atoms with E-state index in [1.54, 1.807) is 0 Å². The molecule has 92 valence electrons. The zero-order valence-corrected chi connectivity index (χ0v) is 8.95. The van der Waals surface area contributed by atoms with Crippen molar-refractivity contribution >= 4 is 11.6 Å². The number of aromatic nitrogens is 1. The quantitative estimate of drug-likeness (QED) is 0.835. The van der Waals surface area contributed by atoms with Crippen LogP contribution in [0, 0.1) is 17.6 Å². The second-order valence-electron chi connectivity index (χ2n) is 3.43. The Kier molecular flexibility index (Phi) is 3.27. The summed E-state index contributed by atoms with van der Waals surface area (Å²) in [5.41, 5.74) is -0.0929. The highest BCUT2D eigenvalue weighted by atomic mass is 19.2. The first-order valence-corrected chi connectivity index (χ1v) is 4.95. The highest BCUT2D eigenvalue weighted by Crippen LogP contribution is 2.13. The third-order valence-corrected chi connectivity index (χ3v) is 2.13. The lowest BCUT2D eigenvalue weighted by Crippen LogP contribution is -2.14. The summed E-state index contributed by atoms with van der Waals surface area (Å²) in [5.74, 6) is -3.61. The van der Waals surface area contributed by atoms with Gasteiger partial charge in [0.2, 0.25) is 5.95 Å². The minimum Gasteiger partial charge on any atom is -0.321 e. The number of halogens is 3. The minimum absolute atomic E-state index is 0.0601. The molecule has 0 aliphatic carbocycles. The van der Waals surface area contributed by atoms with Gasteiger partial charge in [0.15, 0.2) is 11.6 Å². The summed E-state index contributed by atoms with van der Waals surface area (Å²) in [7, 11) is 0. The lowest BCUT2D eigenvalue weighted by molar-refractivity contribution is 0.102. The molecule has 0 fully saturated rings. The van der Waals surface area contributed by atoms with Gasteiger partial charge in [-0.05, 0) is 24.3 Å². The Morgan fingerprint density at radius 3 is 2.50 bits per heavy atom. The van der Waals surface area contributed by atoms with Crippen LogP contribution < -0.4 is 5.32 Å². The van der Waals surface area contributed by atoms with Crippen molar-refractivity contribution in [2.45, 2.75) is 0 Å². The number of hydrogen-bond acceptors (Lipinski definition) is 2. The highest BCUT2D eigenvalue weighted by molar-refractivity contribution is 6.02. The van der Waals surface area contributed by atoms with Gasteiger partial charge in [0.05, 0.1) is 0 Å². The zero-order valence-electron chi connectivity index (χ0n) is 8.95. The average molecular weight is 252 g/mol. The maximum Gasteiger partial charge on any atom is 0.274 e. The van der Waals surface area contributed by atoms with Crippen molar-refractivity contribution in [2.75, 3.05) is 5.32 Å². The van der Waals surface area contributed by atoms with E-state index in [9.17, 15) is 18.0 Å². The van der Waals surface area contributed by atoms with Crippen LogP contribution in [0.5, 0.6) is 0 Å². The summed E-state index contributed by atoms with van der Waals surface area (Å²) in [5, 5.41) is 2.28. The van der Waals surface area contributed by atoms with Gasteiger partial charge in [-0.2, -0.15) is 4.39 Å². The number of nitrogens with one attached hydrogen (secondary N) is 1. The number of benzene rings is 1. The normalized spacial score (nSPS) is 10.2. The molecule has 0 spiro atoms. The van der Waals surface area contributed by atoms with Crippen molar-refractivity contribution in [2.24, 2.45) is 0 Å². The third-order valence-electron chi connectivity index (χ3n) is 2.13. The average Bonchev–Trinajstić information content (AvgIpc) is 2.34. The van der Waals surface area contributed by atoms with E-state index in [-0.39, 0.29) is 11.4 Å². The lowest BCUT2D eigenvalue weighted by atomic mass is 10.2. The molecule has 1 N–H and O–H groups in total. The van der Waals surface area contributed by atoms with Crippen LogP contribution >= 0.6 is 0 Å². The number of rotatable bonds is 2. The Labute approximate surface area is 100 Å². The first kappa shape index (κ1) is 12.1. The molecule has 0 bridgehead atoms. The van der Waals surface area contributed by atoms with Gasteiger partial charge in [-0.25, -0.2) is 13.8 Å². The predicted octanol–water partition coefficient (Wildman–Crippen LogP) is 2.75. The molecular weight excluding hydrogens is 245 g/mol. The number of carbonyl (C=O) groups excluding carboxylic acids is 1. The topological polar surface area (TPSA) is 42.0 Å². The SMILES string of the molecule is O=C(Nc1ccc(F)c(F)c1)c1cccc(F)n1. The molecular formula is C12H7F3N2O. The molecule has 1 aromatic heterocycles. The molecule has 0 saturated carbocycles. The molecule has 3 nitrogen and oxygen atoms in total. The molecule has 0 radical (unpaired) electrons. The predicted molar refractivity (Wildman–Crippen MR) is 58.5 cm³/mol. The van der Waals surface area contributed by atoms with Gasteiger partial charge < -0.3 is 5.32 Å². The first-order chi connectivity index (χ1) is 8.56.